The van der Waals surface area contributed by atoms with Gasteiger partial charge in [0.1, 0.15) is 0 Å². The summed E-state index contributed by atoms with van der Waals surface area (Å²) in [6, 6.07) is 0. The zero-order valence-electron chi connectivity index (χ0n) is 3.63. The summed E-state index contributed by atoms with van der Waals surface area (Å²) in [5, 5.41) is 0. The van der Waals surface area contributed by atoms with Crippen LogP contribution in [0.1, 0.15) is 0 Å². The molecule has 0 N–H and O–H groups in total. The third-order valence-corrected chi connectivity index (χ3v) is 0. The Morgan fingerprint density at radius 1 is 1.50 bits per heavy atom. The van der Waals surface area contributed by atoms with Crippen LogP contribution in [0.5, 0.6) is 0 Å². The van der Waals surface area contributed by atoms with Gasteiger partial charge in [0.2, 0.25) is 0 Å². The van der Waals surface area contributed by atoms with Gasteiger partial charge in [-0.15, -0.1) is 0 Å². The van der Waals surface area contributed by atoms with E-state index in [1.165, 1.54) is 0 Å². The Labute approximate surface area is 134 Å². The predicted molar refractivity (Wildman–Crippen MR) is 22.9 cm³/mol. The molecule has 6 heteroatoms. The minimum atomic E-state index is -1.44. The van der Waals surface area contributed by atoms with E-state index in [2.05, 4.69) is 22.8 Å². The maximum absolute atomic E-state index is 9.19. The van der Waals surface area contributed by atoms with Crippen molar-refractivity contribution in [1.29, 1.82) is 0 Å². The summed E-state index contributed by atoms with van der Waals surface area (Å²) in [6.07, 6.45) is 0. The zero-order valence-corrected chi connectivity index (χ0v) is 12.3. The van der Waals surface area contributed by atoms with E-state index in [0.717, 1.165) is 0 Å². The predicted octanol–water partition coefficient (Wildman–Crippen LogP) is -6.33. The van der Waals surface area contributed by atoms with Gasteiger partial charge < -0.3 is 25.0 Å². The van der Waals surface area contributed by atoms with Crippen LogP contribution in [0.2, 0.25) is 0 Å². The van der Waals surface area contributed by atoms with Gasteiger partial charge in [-0.05, 0) is 0 Å². The van der Waals surface area contributed by atoms with Crippen LogP contribution in [-0.2, 0) is 31.6 Å². The minimum Gasteiger partial charge on any atom is -0.814 e. The second-order valence-electron chi connectivity index (χ2n) is 0.204. The summed E-state index contributed by atoms with van der Waals surface area (Å²) in [7, 11) is -1.44. The largest absolute Gasteiger partial charge is 1.00 e. The number of rotatable bonds is 0. The summed E-state index contributed by atoms with van der Waals surface area (Å²) < 4.78 is 9.19. The van der Waals surface area contributed by atoms with Crippen molar-refractivity contribution in [2.24, 2.45) is 0 Å². The Balaban J connectivity index is -0.0000000450. The molecule has 0 saturated heterocycles. The molecule has 26 valence electrons. The van der Waals surface area contributed by atoms with Gasteiger partial charge in [-0.25, -0.2) is 0 Å². The summed E-state index contributed by atoms with van der Waals surface area (Å²) in [5.41, 5.74) is 0. The molecule has 0 spiro atoms. The fourth-order valence-electron chi connectivity index (χ4n) is 0. The molecule has 0 amide bonds. The van der Waals surface area contributed by atoms with Gasteiger partial charge in [-0.3, -0.25) is 0 Å². The summed E-state index contributed by atoms with van der Waals surface area (Å²) in [6.45, 7) is 0. The fourth-order valence-corrected chi connectivity index (χ4v) is 0. The first-order chi connectivity index (χ1) is 1.73. The van der Waals surface area contributed by atoms with Crippen LogP contribution in [0.3, 0.4) is 0 Å². The van der Waals surface area contributed by atoms with Crippen LogP contribution in [0.25, 0.3) is 0 Å². The van der Waals surface area contributed by atoms with Crippen LogP contribution in [0.15, 0.2) is 0 Å². The van der Waals surface area contributed by atoms with Crippen molar-refractivity contribution >= 4 is 31.6 Å². The van der Waals surface area contributed by atoms with Gasteiger partial charge >= 0.3 is 103 Å². The average molecular weight is 190 g/mol. The van der Waals surface area contributed by atoms with Gasteiger partial charge in [-0.2, -0.15) is 0 Å². The molecule has 0 aliphatic carbocycles. The molecule has 1 unspecified atom stereocenters. The van der Waals surface area contributed by atoms with Crippen molar-refractivity contribution in [2.75, 3.05) is 0 Å². The van der Waals surface area contributed by atoms with Crippen molar-refractivity contribution in [3.8, 4) is 0 Å². The number of hydrogen-bond donors (Lipinski definition) is 0. The maximum atomic E-state index is 9.19. The van der Waals surface area contributed by atoms with E-state index in [9.17, 15) is 4.55 Å². The second kappa shape index (κ2) is 11.9. The molecule has 0 fully saturated rings. The molecule has 0 saturated carbocycles. The van der Waals surface area contributed by atoms with E-state index in [0.29, 0.717) is 0 Å². The van der Waals surface area contributed by atoms with E-state index < -0.39 is 8.77 Å². The first-order valence-corrected chi connectivity index (χ1v) is 3.50. The molecule has 6 heavy (non-hydrogen) atoms. The molecule has 0 aliphatic rings. The Bertz CT molecular complexity index is 31.8. The van der Waals surface area contributed by atoms with Crippen LogP contribution in [-0.4, -0.2) is 4.55 Å². The van der Waals surface area contributed by atoms with Gasteiger partial charge in [-0.1, -0.05) is 11.2 Å². The van der Waals surface area contributed by atoms with Crippen LogP contribution in [0, 0.1) is 0 Å². The monoisotopic (exact) mass is 190 g/mol. The van der Waals surface area contributed by atoms with Gasteiger partial charge in [0.15, 0.2) is 0 Å². The average Bonchev–Trinajstić information content (AvgIpc) is 0.811. The molecule has 0 aromatic heterocycles. The smallest absolute Gasteiger partial charge is 0.814 e. The van der Waals surface area contributed by atoms with Crippen molar-refractivity contribution in [3.63, 3.8) is 0 Å². The zero-order chi connectivity index (χ0) is 3.58. The Morgan fingerprint density at radius 2 is 1.50 bits per heavy atom. The molecule has 0 aliphatic heterocycles. The summed E-state index contributed by atoms with van der Waals surface area (Å²) >= 11 is 7.81. The fraction of sp³-hybridized carbons (Fsp3) is 0. The molecule has 0 heterocycles. The normalized spacial score (nSPS) is 10.3. The SMILES string of the molecule is [K+].[K+].[O-]S(=S)[S-]. The molecule has 0 bridgehead atoms. The van der Waals surface area contributed by atoms with E-state index in [1.54, 1.807) is 0 Å². The molecular weight excluding hydrogens is 190 g/mol. The molecular formula is K2OS3. The third kappa shape index (κ3) is 24.2. The molecule has 0 radical (unpaired) electrons. The quantitative estimate of drug-likeness (QED) is 0.216. The molecule has 1 atom stereocenters. The number of hydrogen-bond acceptors (Lipinski definition) is 3. The Morgan fingerprint density at radius 3 is 1.50 bits per heavy atom. The Kier molecular flexibility index (Phi) is 32.9. The van der Waals surface area contributed by atoms with Crippen molar-refractivity contribution in [2.45, 2.75) is 0 Å². The van der Waals surface area contributed by atoms with Crippen molar-refractivity contribution in [3.05, 3.63) is 0 Å². The molecule has 0 rings (SSSR count). The summed E-state index contributed by atoms with van der Waals surface area (Å²) in [5.74, 6) is 0. The first kappa shape index (κ1) is 16.6. The molecule has 0 aromatic carbocycles. The van der Waals surface area contributed by atoms with E-state index in [1.807, 2.05) is 0 Å². The maximum Gasteiger partial charge on any atom is 1.00 e. The van der Waals surface area contributed by atoms with Crippen LogP contribution < -0.4 is 103 Å². The van der Waals surface area contributed by atoms with Crippen molar-refractivity contribution < 1.29 is 107 Å². The van der Waals surface area contributed by atoms with Crippen molar-refractivity contribution in [1.82, 2.24) is 0 Å². The Hall–Kier alpha value is 4.15. The first-order valence-electron chi connectivity index (χ1n) is 0.500. The van der Waals surface area contributed by atoms with E-state index >= 15 is 0 Å². The van der Waals surface area contributed by atoms with Gasteiger partial charge in [0, 0.05) is 0 Å². The molecule has 1 nitrogen and oxygen atoms in total. The van der Waals surface area contributed by atoms with Gasteiger partial charge in [0.05, 0.1) is 0 Å². The van der Waals surface area contributed by atoms with E-state index in [4.69, 9.17) is 0 Å². The van der Waals surface area contributed by atoms with E-state index in [-0.39, 0.29) is 103 Å². The standard InChI is InChI=1S/2K.H2OS3/c;;1-4(2)3/h;;(H2,1,2,3)/q2*+1;/p-2. The van der Waals surface area contributed by atoms with Crippen LogP contribution >= 0.6 is 0 Å². The third-order valence-electron chi connectivity index (χ3n) is 0. The topological polar surface area (TPSA) is 23.1 Å². The van der Waals surface area contributed by atoms with Crippen LogP contribution in [0.4, 0.5) is 0 Å². The second-order valence-corrected chi connectivity index (χ2v) is 3.06. The minimum absolute atomic E-state index is 0. The summed E-state index contributed by atoms with van der Waals surface area (Å²) in [4.78, 5) is 0. The van der Waals surface area contributed by atoms with Gasteiger partial charge in [0.25, 0.3) is 0 Å². The molecule has 0 aromatic rings.